The van der Waals surface area contributed by atoms with E-state index < -0.39 is 0 Å². The Balaban J connectivity index is 1.45. The van der Waals surface area contributed by atoms with E-state index in [1.54, 1.807) is 0 Å². The second-order valence-corrected chi connectivity index (χ2v) is 7.05. The van der Waals surface area contributed by atoms with Crippen molar-refractivity contribution < 1.29 is 4.79 Å². The zero-order valence-corrected chi connectivity index (χ0v) is 15.3. The van der Waals surface area contributed by atoms with Crippen LogP contribution in [0.5, 0.6) is 0 Å². The minimum Gasteiger partial charge on any atom is -0.349 e. The number of fused-ring (bicyclic) bond motifs is 1. The lowest BCUT2D eigenvalue weighted by Crippen LogP contribution is -2.38. The Bertz CT molecular complexity index is 951. The molecule has 6 nitrogen and oxygen atoms in total. The van der Waals surface area contributed by atoms with Crippen LogP contribution in [-0.2, 0) is 12.8 Å². The second-order valence-electron chi connectivity index (χ2n) is 7.05. The predicted molar refractivity (Wildman–Crippen MR) is 99.6 cm³/mol. The number of carbonyl (C=O) groups excluding carboxylic acids is 1. The number of hydrogen-bond donors (Lipinski definition) is 2. The Kier molecular flexibility index (Phi) is 4.11. The first-order valence-corrected chi connectivity index (χ1v) is 8.98. The Morgan fingerprint density at radius 3 is 2.69 bits per heavy atom. The maximum Gasteiger partial charge on any atom is 0.251 e. The van der Waals surface area contributed by atoms with E-state index in [9.17, 15) is 4.79 Å². The summed E-state index contributed by atoms with van der Waals surface area (Å²) in [5.74, 6) is 0.913. The number of amides is 1. The molecule has 1 unspecified atom stereocenters. The standard InChI is InChI=1S/C20H23N5O/c1-12-10-13(2)25(24-12)17-7-4-15(5-8-17)20(26)23-16-6-9-18-19(11-16)22-14(3)21-18/h4-5,7-8,10,16H,6,9,11H2,1-3H3,(H,21,22)(H,23,26). The number of imidazole rings is 1. The number of aromatic nitrogens is 4. The van der Waals surface area contributed by atoms with E-state index in [1.807, 2.05) is 55.8 Å². The third-order valence-corrected chi connectivity index (χ3v) is 4.88. The van der Waals surface area contributed by atoms with Crippen LogP contribution in [0, 0.1) is 20.8 Å². The number of nitrogens with one attached hydrogen (secondary N) is 2. The van der Waals surface area contributed by atoms with Crippen LogP contribution in [0.2, 0.25) is 0 Å². The SMILES string of the molecule is Cc1cc(C)n(-c2ccc(C(=O)NC3CCc4nc(C)[nH]c4C3)cc2)n1. The Labute approximate surface area is 152 Å². The smallest absolute Gasteiger partial charge is 0.251 e. The second kappa shape index (κ2) is 6.44. The topological polar surface area (TPSA) is 75.6 Å². The third kappa shape index (κ3) is 3.14. The van der Waals surface area contributed by atoms with E-state index in [1.165, 1.54) is 0 Å². The molecule has 1 aliphatic rings. The van der Waals surface area contributed by atoms with E-state index in [-0.39, 0.29) is 11.9 Å². The zero-order valence-electron chi connectivity index (χ0n) is 15.3. The molecule has 26 heavy (non-hydrogen) atoms. The van der Waals surface area contributed by atoms with Crippen LogP contribution < -0.4 is 5.32 Å². The molecular formula is C20H23N5O. The highest BCUT2D eigenvalue weighted by Crippen LogP contribution is 2.20. The van der Waals surface area contributed by atoms with Crippen LogP contribution >= 0.6 is 0 Å². The van der Waals surface area contributed by atoms with Crippen molar-refractivity contribution >= 4 is 5.91 Å². The molecule has 0 fully saturated rings. The van der Waals surface area contributed by atoms with Gasteiger partial charge in [0.1, 0.15) is 5.82 Å². The van der Waals surface area contributed by atoms with Gasteiger partial charge >= 0.3 is 0 Å². The van der Waals surface area contributed by atoms with Gasteiger partial charge in [0.2, 0.25) is 0 Å². The average Bonchev–Trinajstić information content (AvgIpc) is 3.15. The molecule has 0 radical (unpaired) electrons. The summed E-state index contributed by atoms with van der Waals surface area (Å²) in [7, 11) is 0. The fourth-order valence-corrected chi connectivity index (χ4v) is 3.66. The molecule has 4 rings (SSSR count). The lowest BCUT2D eigenvalue weighted by Gasteiger charge is -2.22. The van der Waals surface area contributed by atoms with E-state index in [2.05, 4.69) is 20.4 Å². The van der Waals surface area contributed by atoms with Gasteiger partial charge in [0, 0.05) is 29.4 Å². The molecular weight excluding hydrogens is 326 g/mol. The summed E-state index contributed by atoms with van der Waals surface area (Å²) in [6.07, 6.45) is 2.64. The van der Waals surface area contributed by atoms with Crippen molar-refractivity contribution in [1.29, 1.82) is 0 Å². The van der Waals surface area contributed by atoms with Gasteiger partial charge in [0.05, 0.1) is 17.1 Å². The number of carbonyl (C=O) groups is 1. The molecule has 0 saturated heterocycles. The molecule has 0 bridgehead atoms. The monoisotopic (exact) mass is 349 g/mol. The first-order valence-electron chi connectivity index (χ1n) is 8.98. The molecule has 1 amide bonds. The first-order chi connectivity index (χ1) is 12.5. The van der Waals surface area contributed by atoms with E-state index in [0.29, 0.717) is 5.56 Å². The lowest BCUT2D eigenvalue weighted by molar-refractivity contribution is 0.0933. The molecule has 0 spiro atoms. The quantitative estimate of drug-likeness (QED) is 0.763. The minimum absolute atomic E-state index is 0.0328. The van der Waals surface area contributed by atoms with Gasteiger partial charge in [-0.15, -0.1) is 0 Å². The van der Waals surface area contributed by atoms with Crippen molar-refractivity contribution in [1.82, 2.24) is 25.1 Å². The molecule has 2 heterocycles. The molecule has 1 aromatic carbocycles. The van der Waals surface area contributed by atoms with Crippen LogP contribution in [0.25, 0.3) is 5.69 Å². The Hall–Kier alpha value is -2.89. The van der Waals surface area contributed by atoms with Gasteiger partial charge in [-0.05, 0) is 63.9 Å². The van der Waals surface area contributed by atoms with Crippen LogP contribution in [0.15, 0.2) is 30.3 Å². The number of nitrogens with zero attached hydrogens (tertiary/aromatic N) is 3. The summed E-state index contributed by atoms with van der Waals surface area (Å²) in [6.45, 7) is 5.97. The van der Waals surface area contributed by atoms with Crippen molar-refractivity contribution in [2.24, 2.45) is 0 Å². The first kappa shape index (κ1) is 16.6. The van der Waals surface area contributed by atoms with Crippen LogP contribution in [0.4, 0.5) is 0 Å². The molecule has 134 valence electrons. The Morgan fingerprint density at radius 2 is 2.00 bits per heavy atom. The molecule has 2 N–H and O–H groups in total. The van der Waals surface area contributed by atoms with Gasteiger partial charge in [-0.3, -0.25) is 4.79 Å². The molecule has 3 aromatic rings. The van der Waals surface area contributed by atoms with E-state index in [0.717, 1.165) is 53.5 Å². The number of hydrogen-bond acceptors (Lipinski definition) is 3. The number of aromatic amines is 1. The van der Waals surface area contributed by atoms with Gasteiger partial charge in [-0.2, -0.15) is 5.10 Å². The highest BCUT2D eigenvalue weighted by Gasteiger charge is 2.23. The van der Waals surface area contributed by atoms with Crippen molar-refractivity contribution in [2.45, 2.75) is 46.1 Å². The molecule has 0 aliphatic heterocycles. The predicted octanol–water partition coefficient (Wildman–Crippen LogP) is 2.81. The highest BCUT2D eigenvalue weighted by atomic mass is 16.1. The minimum atomic E-state index is -0.0328. The number of rotatable bonds is 3. The molecule has 6 heteroatoms. The van der Waals surface area contributed by atoms with Crippen molar-refractivity contribution in [3.63, 3.8) is 0 Å². The van der Waals surface area contributed by atoms with Crippen LogP contribution in [-0.4, -0.2) is 31.7 Å². The van der Waals surface area contributed by atoms with E-state index in [4.69, 9.17) is 0 Å². The van der Waals surface area contributed by atoms with Gasteiger partial charge in [-0.25, -0.2) is 9.67 Å². The van der Waals surface area contributed by atoms with Crippen molar-refractivity contribution in [2.75, 3.05) is 0 Å². The average molecular weight is 349 g/mol. The van der Waals surface area contributed by atoms with Gasteiger partial charge in [0.25, 0.3) is 5.91 Å². The summed E-state index contributed by atoms with van der Waals surface area (Å²) < 4.78 is 1.89. The van der Waals surface area contributed by atoms with Gasteiger partial charge < -0.3 is 10.3 Å². The zero-order chi connectivity index (χ0) is 18.3. The largest absolute Gasteiger partial charge is 0.349 e. The highest BCUT2D eigenvalue weighted by molar-refractivity contribution is 5.94. The number of H-pyrrole nitrogens is 1. The number of benzene rings is 1. The molecule has 2 aromatic heterocycles. The summed E-state index contributed by atoms with van der Waals surface area (Å²) in [5, 5.41) is 7.63. The van der Waals surface area contributed by atoms with Gasteiger partial charge in [-0.1, -0.05) is 0 Å². The van der Waals surface area contributed by atoms with Crippen LogP contribution in [0.1, 0.15) is 45.4 Å². The summed E-state index contributed by atoms with van der Waals surface area (Å²) >= 11 is 0. The maximum absolute atomic E-state index is 12.6. The Morgan fingerprint density at radius 1 is 1.23 bits per heavy atom. The molecule has 0 saturated carbocycles. The summed E-state index contributed by atoms with van der Waals surface area (Å²) in [5.41, 5.74) is 5.98. The van der Waals surface area contributed by atoms with Gasteiger partial charge in [0.15, 0.2) is 0 Å². The van der Waals surface area contributed by atoms with Crippen LogP contribution in [0.3, 0.4) is 0 Å². The molecule has 1 aliphatic carbocycles. The van der Waals surface area contributed by atoms with E-state index >= 15 is 0 Å². The fourth-order valence-electron chi connectivity index (χ4n) is 3.66. The molecule has 1 atom stereocenters. The van der Waals surface area contributed by atoms with Crippen molar-refractivity contribution in [3.8, 4) is 5.69 Å². The fraction of sp³-hybridized carbons (Fsp3) is 0.350. The summed E-state index contributed by atoms with van der Waals surface area (Å²) in [4.78, 5) is 20.4. The number of aryl methyl sites for hydroxylation is 4. The lowest BCUT2D eigenvalue weighted by atomic mass is 9.96. The third-order valence-electron chi connectivity index (χ3n) is 4.88. The van der Waals surface area contributed by atoms with Crippen molar-refractivity contribution in [3.05, 3.63) is 64.5 Å². The summed E-state index contributed by atoms with van der Waals surface area (Å²) in [6, 6.07) is 9.77. The maximum atomic E-state index is 12.6. The normalized spacial score (nSPS) is 16.3.